The number of nitrogens with zero attached hydrogens (tertiary/aromatic N) is 7. The van der Waals surface area contributed by atoms with Gasteiger partial charge in [-0.25, -0.2) is 23.1 Å². The molecule has 0 aliphatic carbocycles. The minimum atomic E-state index is -0.626. The Morgan fingerprint density at radius 1 is 1.02 bits per heavy atom. The molecule has 13 nitrogen and oxygen atoms in total. The van der Waals surface area contributed by atoms with Gasteiger partial charge in [-0.3, -0.25) is 14.6 Å². The second kappa shape index (κ2) is 13.9. The lowest BCUT2D eigenvalue weighted by Crippen LogP contribution is -2.64. The molecule has 2 aromatic heterocycles. The number of amides is 2. The zero-order valence-corrected chi connectivity index (χ0v) is 31.4. The van der Waals surface area contributed by atoms with Gasteiger partial charge in [0, 0.05) is 68.2 Å². The monoisotopic (exact) mass is 721 g/mol. The number of benzene rings is 1. The van der Waals surface area contributed by atoms with Crippen LogP contribution in [0.4, 0.5) is 14.9 Å². The van der Waals surface area contributed by atoms with Crippen molar-refractivity contribution in [1.82, 2.24) is 28.9 Å². The van der Waals surface area contributed by atoms with E-state index >= 15 is 0 Å². The van der Waals surface area contributed by atoms with E-state index in [4.69, 9.17) is 19.3 Å². The number of morpholine rings is 1. The smallest absolute Gasteiger partial charge is 0.410 e. The van der Waals surface area contributed by atoms with Crippen molar-refractivity contribution in [2.75, 3.05) is 70.6 Å². The van der Waals surface area contributed by atoms with Crippen LogP contribution in [0.15, 0.2) is 35.1 Å². The zero-order chi connectivity index (χ0) is 37.1. The number of aromatic nitrogens is 3. The molecule has 0 bridgehead atoms. The first-order valence-corrected chi connectivity index (χ1v) is 18.5. The molecule has 3 aromatic rings. The number of anilines is 1. The average Bonchev–Trinajstić information content (AvgIpc) is 3.51. The molecule has 0 saturated carbocycles. The lowest BCUT2D eigenvalue weighted by Gasteiger charge is -2.47. The predicted molar refractivity (Wildman–Crippen MR) is 194 cm³/mol. The molecule has 282 valence electrons. The molecule has 4 aliphatic rings. The number of hydrogen-bond donors (Lipinski definition) is 0. The van der Waals surface area contributed by atoms with Crippen molar-refractivity contribution in [2.45, 2.75) is 90.1 Å². The number of pyridine rings is 1. The van der Waals surface area contributed by atoms with E-state index in [1.165, 1.54) is 16.8 Å². The molecule has 52 heavy (non-hydrogen) atoms. The molecule has 14 heteroatoms. The number of fused-ring (bicyclic) bond motifs is 3. The molecule has 0 spiro atoms. The van der Waals surface area contributed by atoms with Crippen LogP contribution >= 0.6 is 0 Å². The van der Waals surface area contributed by atoms with Crippen LogP contribution in [0.2, 0.25) is 0 Å². The van der Waals surface area contributed by atoms with E-state index < -0.39 is 11.0 Å². The highest BCUT2D eigenvalue weighted by molar-refractivity contribution is 5.98. The summed E-state index contributed by atoms with van der Waals surface area (Å²) in [5, 5.41) is 4.82. The second-order valence-electron chi connectivity index (χ2n) is 16.6. The predicted octanol–water partition coefficient (Wildman–Crippen LogP) is 3.45. The largest absolute Gasteiger partial charge is 0.444 e. The average molecular weight is 722 g/mol. The van der Waals surface area contributed by atoms with Crippen molar-refractivity contribution in [3.05, 3.63) is 63.5 Å². The van der Waals surface area contributed by atoms with E-state index in [0.717, 1.165) is 23.4 Å². The highest BCUT2D eigenvalue weighted by Gasteiger charge is 2.44. The summed E-state index contributed by atoms with van der Waals surface area (Å²) in [5.74, 6) is -0.404. The first-order valence-electron chi connectivity index (χ1n) is 18.5. The second-order valence-corrected chi connectivity index (χ2v) is 16.6. The number of rotatable bonds is 7. The third-order valence-electron chi connectivity index (χ3n) is 10.8. The van der Waals surface area contributed by atoms with Crippen molar-refractivity contribution in [1.29, 1.82) is 0 Å². The molecule has 0 radical (unpaired) electrons. The van der Waals surface area contributed by atoms with Crippen LogP contribution in [0.3, 0.4) is 0 Å². The molecule has 4 aliphatic heterocycles. The van der Waals surface area contributed by atoms with Crippen LogP contribution < -0.4 is 10.6 Å². The van der Waals surface area contributed by atoms with Gasteiger partial charge in [0.1, 0.15) is 17.5 Å². The first kappa shape index (κ1) is 36.5. The number of ether oxygens (including phenoxy) is 3. The van der Waals surface area contributed by atoms with Gasteiger partial charge >= 0.3 is 11.8 Å². The topological polar surface area (TPSA) is 114 Å². The van der Waals surface area contributed by atoms with Gasteiger partial charge in [0.15, 0.2) is 5.65 Å². The Labute approximate surface area is 304 Å². The number of carbonyl (C=O) groups is 2. The number of halogens is 1. The molecule has 3 atom stereocenters. The maximum absolute atomic E-state index is 14.7. The van der Waals surface area contributed by atoms with Gasteiger partial charge in [-0.1, -0.05) is 26.0 Å². The molecule has 0 unspecified atom stereocenters. The van der Waals surface area contributed by atoms with Crippen molar-refractivity contribution in [2.24, 2.45) is 0 Å². The Morgan fingerprint density at radius 3 is 2.40 bits per heavy atom. The Balaban J connectivity index is 1.23. The summed E-state index contributed by atoms with van der Waals surface area (Å²) in [7, 11) is 0. The fraction of sp³-hybridized carbons (Fsp3) is 0.632. The maximum atomic E-state index is 14.7. The summed E-state index contributed by atoms with van der Waals surface area (Å²) in [6, 6.07) is 8.05. The lowest BCUT2D eigenvalue weighted by molar-refractivity contribution is -0.121. The SMILES string of the molecule is C[C@@H]1COCCN1C[C@H]1CN(C(=O)OC(C)(C)C)[C@H](C)CN1CC(=O)N1CC(C)(C)c2c1cc(Cc1ccc(F)cc1)c1nn(C3COC3)c(=O)n21. The fourth-order valence-electron chi connectivity index (χ4n) is 8.01. The maximum Gasteiger partial charge on any atom is 0.410 e. The van der Waals surface area contributed by atoms with Crippen LogP contribution in [0.5, 0.6) is 0 Å². The molecule has 3 saturated heterocycles. The Hall–Kier alpha value is -3.85. The molecule has 6 heterocycles. The fourth-order valence-corrected chi connectivity index (χ4v) is 8.01. The van der Waals surface area contributed by atoms with Gasteiger partial charge in [0.05, 0.1) is 44.4 Å². The summed E-state index contributed by atoms with van der Waals surface area (Å²) in [4.78, 5) is 50.3. The summed E-state index contributed by atoms with van der Waals surface area (Å²) in [5.41, 5.74) is 2.17. The van der Waals surface area contributed by atoms with Crippen LogP contribution in [-0.4, -0.2) is 130 Å². The van der Waals surface area contributed by atoms with Gasteiger partial charge < -0.3 is 24.0 Å². The Bertz CT molecular complexity index is 1880. The lowest BCUT2D eigenvalue weighted by atomic mass is 9.90. The van der Waals surface area contributed by atoms with E-state index in [-0.39, 0.29) is 54.2 Å². The summed E-state index contributed by atoms with van der Waals surface area (Å²) >= 11 is 0. The molecule has 1 aromatic carbocycles. The zero-order valence-electron chi connectivity index (χ0n) is 31.4. The minimum Gasteiger partial charge on any atom is -0.444 e. The van der Waals surface area contributed by atoms with E-state index in [1.807, 2.05) is 38.7 Å². The quantitative estimate of drug-likeness (QED) is 0.362. The van der Waals surface area contributed by atoms with Crippen LogP contribution in [0.1, 0.15) is 71.3 Å². The van der Waals surface area contributed by atoms with Crippen molar-refractivity contribution < 1.29 is 28.2 Å². The van der Waals surface area contributed by atoms with Crippen molar-refractivity contribution in [3.8, 4) is 0 Å². The van der Waals surface area contributed by atoms with E-state index in [9.17, 15) is 18.8 Å². The normalized spacial score (nSPS) is 24.3. The third kappa shape index (κ3) is 7.10. The van der Waals surface area contributed by atoms with Gasteiger partial charge in [-0.15, -0.1) is 5.10 Å². The summed E-state index contributed by atoms with van der Waals surface area (Å²) in [6.07, 6.45) is 0.0551. The van der Waals surface area contributed by atoms with Crippen LogP contribution in [0.25, 0.3) is 5.65 Å². The molecule has 7 rings (SSSR count). The molecule has 0 N–H and O–H groups in total. The number of hydrogen-bond acceptors (Lipinski definition) is 9. The number of piperazine rings is 1. The number of carbonyl (C=O) groups excluding carboxylic acids is 2. The molecule has 2 amide bonds. The third-order valence-corrected chi connectivity index (χ3v) is 10.8. The molecular weight excluding hydrogens is 669 g/mol. The van der Waals surface area contributed by atoms with Crippen molar-refractivity contribution in [3.63, 3.8) is 0 Å². The van der Waals surface area contributed by atoms with Crippen LogP contribution in [-0.2, 0) is 30.8 Å². The summed E-state index contributed by atoms with van der Waals surface area (Å²) < 4.78 is 33.9. The Morgan fingerprint density at radius 2 is 1.75 bits per heavy atom. The van der Waals surface area contributed by atoms with Crippen molar-refractivity contribution >= 4 is 23.3 Å². The molecule has 3 fully saturated rings. The van der Waals surface area contributed by atoms with Crippen LogP contribution in [0, 0.1) is 5.82 Å². The van der Waals surface area contributed by atoms with E-state index in [0.29, 0.717) is 70.4 Å². The highest BCUT2D eigenvalue weighted by Crippen LogP contribution is 2.42. The van der Waals surface area contributed by atoms with E-state index in [1.54, 1.807) is 21.4 Å². The minimum absolute atomic E-state index is 0.0790. The van der Waals surface area contributed by atoms with Gasteiger partial charge in [0.2, 0.25) is 5.91 Å². The van der Waals surface area contributed by atoms with Gasteiger partial charge in [-0.05, 0) is 58.4 Å². The Kier molecular flexibility index (Phi) is 9.72. The van der Waals surface area contributed by atoms with Gasteiger partial charge in [0.25, 0.3) is 0 Å². The standard InChI is InChI=1S/C38H52FN7O6/c1-24-16-42(29(17-41-12-13-50-20-25(41)2)18-43(24)36(49)52-37(3,4)5)19-32(47)44-23-38(6,7)33-31(44)15-27(14-26-8-10-28(39)11-9-26)34-40-46(30-21-51-22-30)35(48)45(33)34/h8-11,15,24-25,29-30H,12-14,16-23H2,1-7H3/t24-,25-,29+/m1/s1. The van der Waals surface area contributed by atoms with Gasteiger partial charge in [-0.2, -0.15) is 0 Å². The summed E-state index contributed by atoms with van der Waals surface area (Å²) in [6.45, 7) is 18.9. The first-order chi connectivity index (χ1) is 24.6. The van der Waals surface area contributed by atoms with E-state index in [2.05, 4.69) is 30.6 Å². The molecular formula is C38H52FN7O6. The highest BCUT2D eigenvalue weighted by atomic mass is 19.1.